The van der Waals surface area contributed by atoms with Crippen molar-refractivity contribution >= 4 is 5.91 Å². The Morgan fingerprint density at radius 1 is 1.21 bits per heavy atom. The Hall–Kier alpha value is -3.47. The van der Waals surface area contributed by atoms with Crippen LogP contribution in [0, 0.1) is 13.8 Å². The first-order valence-electron chi connectivity index (χ1n) is 10.4. The highest BCUT2D eigenvalue weighted by Crippen LogP contribution is 2.33. The second kappa shape index (κ2) is 9.57. The second-order valence-electron chi connectivity index (χ2n) is 7.80. The van der Waals surface area contributed by atoms with Gasteiger partial charge in [-0.15, -0.1) is 10.2 Å². The van der Waals surface area contributed by atoms with E-state index in [-0.39, 0.29) is 18.2 Å². The summed E-state index contributed by atoms with van der Waals surface area (Å²) in [5.41, 5.74) is 2.01. The minimum Gasteiger partial charge on any atom is -0.472 e. The molecule has 0 saturated heterocycles. The first-order valence-corrected chi connectivity index (χ1v) is 10.4. The lowest BCUT2D eigenvalue weighted by molar-refractivity contribution is -0.142. The molecule has 1 aliphatic carbocycles. The van der Waals surface area contributed by atoms with Gasteiger partial charge in [-0.3, -0.25) is 9.78 Å². The van der Waals surface area contributed by atoms with Crippen LogP contribution in [0.15, 0.2) is 35.0 Å². The first-order chi connectivity index (χ1) is 15.8. The van der Waals surface area contributed by atoms with Crippen LogP contribution in [0.3, 0.4) is 0 Å². The first kappa shape index (κ1) is 22.7. The van der Waals surface area contributed by atoms with Crippen LogP contribution in [0.4, 0.5) is 8.78 Å². The van der Waals surface area contributed by atoms with Gasteiger partial charge in [0, 0.05) is 23.5 Å². The van der Waals surface area contributed by atoms with Crippen molar-refractivity contribution in [3.8, 4) is 17.1 Å². The molecule has 4 rings (SSSR count). The van der Waals surface area contributed by atoms with Crippen molar-refractivity contribution < 1.29 is 27.6 Å². The number of ether oxygens (including phenoxy) is 2. The highest BCUT2D eigenvalue weighted by Gasteiger charge is 2.40. The van der Waals surface area contributed by atoms with Crippen LogP contribution in [0.1, 0.15) is 46.8 Å². The van der Waals surface area contributed by atoms with Gasteiger partial charge in [0.05, 0.1) is 5.56 Å². The van der Waals surface area contributed by atoms with Crippen LogP contribution >= 0.6 is 0 Å². The van der Waals surface area contributed by atoms with Crippen molar-refractivity contribution in [2.45, 2.75) is 51.9 Å². The van der Waals surface area contributed by atoms with E-state index in [1.165, 1.54) is 12.1 Å². The number of aromatic nitrogens is 4. The van der Waals surface area contributed by atoms with Gasteiger partial charge in [0.25, 0.3) is 12.3 Å². The van der Waals surface area contributed by atoms with Gasteiger partial charge < -0.3 is 19.3 Å². The van der Waals surface area contributed by atoms with Crippen LogP contribution in [-0.4, -0.2) is 45.0 Å². The van der Waals surface area contributed by atoms with Gasteiger partial charge in [0.1, 0.15) is 30.4 Å². The van der Waals surface area contributed by atoms with E-state index >= 15 is 0 Å². The van der Waals surface area contributed by atoms with Gasteiger partial charge in [0.2, 0.25) is 5.88 Å². The molecule has 0 aliphatic heterocycles. The van der Waals surface area contributed by atoms with Crippen molar-refractivity contribution in [2.75, 3.05) is 6.61 Å². The largest absolute Gasteiger partial charge is 0.472 e. The summed E-state index contributed by atoms with van der Waals surface area (Å²) in [5.74, 6) is 0.253. The summed E-state index contributed by atoms with van der Waals surface area (Å²) < 4.78 is 41.2. The Labute approximate surface area is 188 Å². The number of carbonyl (C=O) groups is 1. The van der Waals surface area contributed by atoms with E-state index in [9.17, 15) is 13.6 Å². The number of aryl methyl sites for hydroxylation is 2. The fourth-order valence-corrected chi connectivity index (χ4v) is 3.36. The van der Waals surface area contributed by atoms with Crippen molar-refractivity contribution in [3.63, 3.8) is 0 Å². The molecule has 0 radical (unpaired) electrons. The third-order valence-electron chi connectivity index (χ3n) is 5.39. The van der Waals surface area contributed by atoms with Gasteiger partial charge in [0.15, 0.2) is 5.69 Å². The van der Waals surface area contributed by atoms with E-state index in [0.717, 1.165) is 23.2 Å². The lowest BCUT2D eigenvalue weighted by Gasteiger charge is -2.41. The normalized spacial score (nSPS) is 14.7. The number of pyridine rings is 1. The van der Waals surface area contributed by atoms with Crippen molar-refractivity contribution in [1.29, 1.82) is 0 Å². The molecule has 3 aromatic heterocycles. The van der Waals surface area contributed by atoms with Gasteiger partial charge >= 0.3 is 0 Å². The Balaban J connectivity index is 1.38. The van der Waals surface area contributed by atoms with Crippen LogP contribution in [0.5, 0.6) is 5.88 Å². The number of carbonyl (C=O) groups excluding carboxylic acids is 1. The molecular weight excluding hydrogens is 436 g/mol. The van der Waals surface area contributed by atoms with Crippen LogP contribution in [0.2, 0.25) is 0 Å². The summed E-state index contributed by atoms with van der Waals surface area (Å²) in [6.45, 7) is 3.07. The summed E-state index contributed by atoms with van der Waals surface area (Å²) >= 11 is 0. The van der Waals surface area contributed by atoms with Crippen molar-refractivity contribution in [1.82, 2.24) is 25.7 Å². The molecule has 0 spiro atoms. The number of halogens is 2. The molecule has 174 valence electrons. The molecule has 9 nitrogen and oxygen atoms in total. The predicted octanol–water partition coefficient (Wildman–Crippen LogP) is 3.61. The standard InChI is InChI=1S/C22H23F2N5O4/c1-13-4-5-15(10-25-13)20-16(14(2)33-29-20)11-31-19-7-6-17(27-28-19)21(30)26-22(8-3-9-22)32-12-18(23)24/h4-7,10,18H,3,8-9,11-12H2,1-2H3,(H,26,30). The van der Waals surface area contributed by atoms with E-state index in [4.69, 9.17) is 14.0 Å². The third kappa shape index (κ3) is 5.30. The van der Waals surface area contributed by atoms with Crippen LogP contribution in [-0.2, 0) is 11.3 Å². The smallest absolute Gasteiger partial charge is 0.274 e. The molecule has 0 unspecified atom stereocenters. The molecule has 1 saturated carbocycles. The van der Waals surface area contributed by atoms with Crippen LogP contribution < -0.4 is 10.1 Å². The summed E-state index contributed by atoms with van der Waals surface area (Å²) in [6, 6.07) is 6.73. The SMILES string of the molecule is Cc1ccc(-c2noc(C)c2COc2ccc(C(=O)NC3(OCC(F)F)CCC3)nn2)cn1. The van der Waals surface area contributed by atoms with Gasteiger partial charge in [-0.25, -0.2) is 8.78 Å². The summed E-state index contributed by atoms with van der Waals surface area (Å²) in [4.78, 5) is 16.8. The topological polar surface area (TPSA) is 112 Å². The fourth-order valence-electron chi connectivity index (χ4n) is 3.36. The molecule has 0 bridgehead atoms. The molecule has 1 amide bonds. The molecule has 1 fully saturated rings. The Morgan fingerprint density at radius 2 is 2.03 bits per heavy atom. The van der Waals surface area contributed by atoms with Gasteiger partial charge in [-0.2, -0.15) is 0 Å². The van der Waals surface area contributed by atoms with E-state index in [0.29, 0.717) is 24.3 Å². The number of nitrogens with one attached hydrogen (secondary N) is 1. The molecule has 0 atom stereocenters. The van der Waals surface area contributed by atoms with E-state index < -0.39 is 24.7 Å². The zero-order valence-electron chi connectivity index (χ0n) is 18.2. The minimum atomic E-state index is -2.60. The van der Waals surface area contributed by atoms with E-state index in [1.54, 1.807) is 13.1 Å². The molecule has 1 aliphatic rings. The predicted molar refractivity (Wildman–Crippen MR) is 112 cm³/mol. The number of alkyl halides is 2. The molecule has 33 heavy (non-hydrogen) atoms. The molecule has 3 aromatic rings. The highest BCUT2D eigenvalue weighted by molar-refractivity contribution is 5.92. The van der Waals surface area contributed by atoms with Crippen molar-refractivity contribution in [2.24, 2.45) is 0 Å². The van der Waals surface area contributed by atoms with Crippen molar-refractivity contribution in [3.05, 3.63) is 53.2 Å². The summed E-state index contributed by atoms with van der Waals surface area (Å²) in [7, 11) is 0. The zero-order chi connectivity index (χ0) is 23.4. The molecule has 11 heteroatoms. The average Bonchev–Trinajstić information content (AvgIpc) is 3.15. The molecule has 1 N–H and O–H groups in total. The molecule has 3 heterocycles. The number of hydrogen-bond acceptors (Lipinski definition) is 8. The number of rotatable bonds is 9. The number of amides is 1. The Kier molecular flexibility index (Phi) is 6.59. The van der Waals surface area contributed by atoms with Gasteiger partial charge in [-0.05, 0) is 51.3 Å². The number of nitrogens with zero attached hydrogens (tertiary/aromatic N) is 4. The Bertz CT molecular complexity index is 1100. The maximum absolute atomic E-state index is 12.5. The summed E-state index contributed by atoms with van der Waals surface area (Å²) in [5, 5.41) is 14.6. The zero-order valence-corrected chi connectivity index (χ0v) is 18.2. The average molecular weight is 459 g/mol. The van der Waals surface area contributed by atoms with Crippen LogP contribution in [0.25, 0.3) is 11.3 Å². The fraction of sp³-hybridized carbons (Fsp3) is 0.409. The van der Waals surface area contributed by atoms with E-state index in [2.05, 4.69) is 25.7 Å². The quantitative estimate of drug-likeness (QED) is 0.483. The monoisotopic (exact) mass is 459 g/mol. The summed E-state index contributed by atoms with van der Waals surface area (Å²) in [6.07, 6.45) is 0.828. The van der Waals surface area contributed by atoms with Gasteiger partial charge in [-0.1, -0.05) is 5.16 Å². The number of hydrogen-bond donors (Lipinski definition) is 1. The molecule has 0 aromatic carbocycles. The lowest BCUT2D eigenvalue weighted by atomic mass is 9.87. The van der Waals surface area contributed by atoms with E-state index in [1.807, 2.05) is 19.1 Å². The highest BCUT2D eigenvalue weighted by atomic mass is 19.3. The maximum atomic E-state index is 12.5. The minimum absolute atomic E-state index is 0.0295. The second-order valence-corrected chi connectivity index (χ2v) is 7.80. The Morgan fingerprint density at radius 3 is 2.64 bits per heavy atom. The lowest BCUT2D eigenvalue weighted by Crippen LogP contribution is -2.56. The third-order valence-corrected chi connectivity index (χ3v) is 5.39. The maximum Gasteiger partial charge on any atom is 0.274 e. The molecular formula is C22H23F2N5O4.